The van der Waals surface area contributed by atoms with Crippen molar-refractivity contribution < 1.29 is 18.0 Å². The van der Waals surface area contributed by atoms with Crippen LogP contribution < -0.4 is 10.0 Å². The first-order valence-electron chi connectivity index (χ1n) is 13.2. The van der Waals surface area contributed by atoms with Crippen LogP contribution in [0.25, 0.3) is 0 Å². The van der Waals surface area contributed by atoms with Crippen molar-refractivity contribution in [2.45, 2.75) is 56.3 Å². The molecule has 210 valence electrons. The maximum atomic E-state index is 14.3. The van der Waals surface area contributed by atoms with E-state index in [-0.39, 0.29) is 18.4 Å². The molecule has 0 spiro atoms. The summed E-state index contributed by atoms with van der Waals surface area (Å²) < 4.78 is 27.4. The summed E-state index contributed by atoms with van der Waals surface area (Å²) in [5, 5.41) is 3.75. The molecule has 5 rings (SSSR count). The fourth-order valence-corrected chi connectivity index (χ4v) is 7.26. The highest BCUT2D eigenvalue weighted by Gasteiger charge is 2.49. The maximum absolute atomic E-state index is 14.3. The van der Waals surface area contributed by atoms with Crippen molar-refractivity contribution in [3.05, 3.63) is 99.3 Å². The van der Waals surface area contributed by atoms with Gasteiger partial charge in [0.2, 0.25) is 15.9 Å². The summed E-state index contributed by atoms with van der Waals surface area (Å²) in [5.41, 5.74) is 2.25. The highest BCUT2D eigenvalue weighted by Crippen LogP contribution is 2.47. The third kappa shape index (κ3) is 6.02. The zero-order valence-electron chi connectivity index (χ0n) is 21.9. The van der Waals surface area contributed by atoms with Gasteiger partial charge in [-0.1, -0.05) is 66.4 Å². The summed E-state index contributed by atoms with van der Waals surface area (Å²) in [7, 11) is -3.56. The van der Waals surface area contributed by atoms with Crippen LogP contribution in [-0.2, 0) is 21.4 Å². The number of fused-ring (bicyclic) bond motifs is 1. The summed E-state index contributed by atoms with van der Waals surface area (Å²) in [5.74, 6) is -1.39. The molecular weight excluding hydrogens is 571 g/mol. The third-order valence-electron chi connectivity index (χ3n) is 7.56. The fourth-order valence-electron chi connectivity index (χ4n) is 5.92. The van der Waals surface area contributed by atoms with Crippen molar-refractivity contribution in [1.82, 2.24) is 19.9 Å². The van der Waals surface area contributed by atoms with E-state index in [1.54, 1.807) is 59.6 Å². The molecule has 1 saturated carbocycles. The van der Waals surface area contributed by atoms with Crippen LogP contribution in [0.5, 0.6) is 0 Å². The molecule has 11 heteroatoms. The predicted molar refractivity (Wildman–Crippen MR) is 155 cm³/mol. The Morgan fingerprint density at radius 3 is 2.50 bits per heavy atom. The second kappa shape index (κ2) is 11.9. The lowest BCUT2D eigenvalue weighted by Crippen LogP contribution is -2.59. The molecule has 2 amide bonds. The van der Waals surface area contributed by atoms with E-state index in [9.17, 15) is 18.0 Å². The average molecular weight is 602 g/mol. The van der Waals surface area contributed by atoms with Crippen LogP contribution in [0.15, 0.2) is 66.9 Å². The maximum Gasteiger partial charge on any atom is 0.255 e. The Morgan fingerprint density at radius 2 is 1.77 bits per heavy atom. The number of pyridine rings is 1. The summed E-state index contributed by atoms with van der Waals surface area (Å²) in [6, 6.07) is 15.8. The van der Waals surface area contributed by atoms with Crippen LogP contribution in [0.2, 0.25) is 10.0 Å². The number of nitrogens with one attached hydrogen (secondary N) is 2. The standard InChI is InChI=1S/C29H30Cl2N4O4S/c1-40(38,39)34-24-11-4-5-12-25(24)35-27(22-14-13-18(30)16-23(22)31)26(20-9-2-3-10-21(20)29(35)37)28(36)33-17-19-8-6-7-15-32-19/h2-3,6-10,13-16,24-27,34H,4-5,11-12,17H2,1H3,(H,33,36)/t24?,25-,26+,27-/m0/s1. The zero-order chi connectivity index (χ0) is 28.4. The first kappa shape index (κ1) is 28.5. The van der Waals surface area contributed by atoms with Gasteiger partial charge in [-0.25, -0.2) is 13.1 Å². The number of hydrogen-bond donors (Lipinski definition) is 2. The lowest BCUT2D eigenvalue weighted by atomic mass is 9.76. The monoisotopic (exact) mass is 600 g/mol. The highest BCUT2D eigenvalue weighted by molar-refractivity contribution is 7.88. The van der Waals surface area contributed by atoms with Crippen molar-refractivity contribution in [3.8, 4) is 0 Å². The van der Waals surface area contributed by atoms with Crippen molar-refractivity contribution in [2.24, 2.45) is 0 Å². The smallest absolute Gasteiger partial charge is 0.255 e. The number of nitrogens with zero attached hydrogens (tertiary/aromatic N) is 2. The van der Waals surface area contributed by atoms with E-state index in [0.29, 0.717) is 45.3 Å². The summed E-state index contributed by atoms with van der Waals surface area (Å²) in [6.07, 6.45) is 5.56. The number of sulfonamides is 1. The van der Waals surface area contributed by atoms with Gasteiger partial charge in [0.05, 0.1) is 30.5 Å². The van der Waals surface area contributed by atoms with Crippen LogP contribution in [0.3, 0.4) is 0 Å². The third-order valence-corrected chi connectivity index (χ3v) is 8.86. The van der Waals surface area contributed by atoms with Gasteiger partial charge in [-0.3, -0.25) is 14.6 Å². The van der Waals surface area contributed by atoms with Gasteiger partial charge in [-0.2, -0.15) is 0 Å². The van der Waals surface area contributed by atoms with Crippen LogP contribution in [0, 0.1) is 0 Å². The first-order valence-corrected chi connectivity index (χ1v) is 15.8. The van der Waals surface area contributed by atoms with Gasteiger partial charge < -0.3 is 10.2 Å². The van der Waals surface area contributed by atoms with Crippen LogP contribution in [0.1, 0.15) is 64.8 Å². The average Bonchev–Trinajstić information content (AvgIpc) is 2.92. The molecule has 0 radical (unpaired) electrons. The highest BCUT2D eigenvalue weighted by atomic mass is 35.5. The topological polar surface area (TPSA) is 108 Å². The van der Waals surface area contributed by atoms with Gasteiger partial charge in [-0.05, 0) is 54.3 Å². The first-order chi connectivity index (χ1) is 19.1. The van der Waals surface area contributed by atoms with E-state index < -0.39 is 34.1 Å². The minimum atomic E-state index is -3.56. The molecule has 3 aromatic rings. The summed E-state index contributed by atoms with van der Waals surface area (Å²) in [4.78, 5) is 34.3. The molecular formula is C29H30Cl2N4O4S. The molecule has 1 fully saturated rings. The van der Waals surface area contributed by atoms with Crippen molar-refractivity contribution in [1.29, 1.82) is 0 Å². The molecule has 1 aromatic heterocycles. The van der Waals surface area contributed by atoms with E-state index >= 15 is 0 Å². The van der Waals surface area contributed by atoms with Crippen molar-refractivity contribution in [3.63, 3.8) is 0 Å². The van der Waals surface area contributed by atoms with Gasteiger partial charge in [0, 0.05) is 33.9 Å². The van der Waals surface area contributed by atoms with E-state index in [1.807, 2.05) is 12.1 Å². The van der Waals surface area contributed by atoms with Gasteiger partial charge in [0.15, 0.2) is 0 Å². The van der Waals surface area contributed by atoms with Gasteiger partial charge in [0.25, 0.3) is 5.91 Å². The van der Waals surface area contributed by atoms with Gasteiger partial charge in [0.1, 0.15) is 0 Å². The SMILES string of the molecule is CS(=O)(=O)NC1CCCC[C@@H]1N1C(=O)c2ccccc2[C@@H](C(=O)NCc2ccccn2)[C@@H]1c1ccc(Cl)cc1Cl. The number of amides is 2. The molecule has 0 bridgehead atoms. The number of rotatable bonds is 7. The Labute approximate surface area is 244 Å². The van der Waals surface area contributed by atoms with Gasteiger partial charge in [-0.15, -0.1) is 0 Å². The fraction of sp³-hybridized carbons (Fsp3) is 0.345. The molecule has 2 aromatic carbocycles. The van der Waals surface area contributed by atoms with E-state index in [0.717, 1.165) is 19.1 Å². The van der Waals surface area contributed by atoms with Crippen LogP contribution >= 0.6 is 23.2 Å². The van der Waals surface area contributed by atoms with Gasteiger partial charge >= 0.3 is 0 Å². The lowest BCUT2D eigenvalue weighted by molar-refractivity contribution is -0.124. The Morgan fingerprint density at radius 1 is 1.02 bits per heavy atom. The predicted octanol–water partition coefficient (Wildman–Crippen LogP) is 4.85. The van der Waals surface area contributed by atoms with E-state index in [1.165, 1.54) is 0 Å². The van der Waals surface area contributed by atoms with Crippen LogP contribution in [-0.4, -0.2) is 48.5 Å². The molecule has 2 heterocycles. The number of carbonyl (C=O) groups excluding carboxylic acids is 2. The minimum absolute atomic E-state index is 0.203. The van der Waals surface area contributed by atoms with E-state index in [2.05, 4.69) is 15.0 Å². The Bertz CT molecular complexity index is 1520. The second-order valence-electron chi connectivity index (χ2n) is 10.3. The Kier molecular flexibility index (Phi) is 8.47. The van der Waals surface area contributed by atoms with Crippen molar-refractivity contribution in [2.75, 3.05) is 6.26 Å². The van der Waals surface area contributed by atoms with Crippen molar-refractivity contribution >= 4 is 45.0 Å². The van der Waals surface area contributed by atoms with Crippen LogP contribution in [0.4, 0.5) is 0 Å². The zero-order valence-corrected chi connectivity index (χ0v) is 24.2. The number of benzene rings is 2. The quantitative estimate of drug-likeness (QED) is 0.403. The summed E-state index contributed by atoms with van der Waals surface area (Å²) in [6.45, 7) is 0.203. The Hall–Kier alpha value is -2.98. The molecule has 1 aliphatic heterocycles. The summed E-state index contributed by atoms with van der Waals surface area (Å²) >= 11 is 13.0. The second-order valence-corrected chi connectivity index (χ2v) is 12.9. The molecule has 0 saturated heterocycles. The lowest BCUT2D eigenvalue weighted by Gasteiger charge is -2.49. The molecule has 8 nitrogen and oxygen atoms in total. The number of aromatic nitrogens is 1. The molecule has 2 aliphatic rings. The molecule has 1 unspecified atom stereocenters. The number of halogens is 2. The Balaban J connectivity index is 1.65. The molecule has 40 heavy (non-hydrogen) atoms. The molecule has 1 aliphatic carbocycles. The van der Waals surface area contributed by atoms with E-state index in [4.69, 9.17) is 23.2 Å². The minimum Gasteiger partial charge on any atom is -0.350 e. The number of hydrogen-bond acceptors (Lipinski definition) is 5. The number of carbonyl (C=O) groups is 2. The molecule has 2 N–H and O–H groups in total. The molecule has 4 atom stereocenters. The normalized spacial score (nSPS) is 23.0. The largest absolute Gasteiger partial charge is 0.350 e.